The smallest absolute Gasteiger partial charge is 0.171 e. The van der Waals surface area contributed by atoms with E-state index in [0.717, 1.165) is 17.7 Å². The molecule has 2 aromatic rings. The minimum Gasteiger partial charge on any atom is -0.493 e. The highest BCUT2D eigenvalue weighted by molar-refractivity contribution is 5.69. The van der Waals surface area contributed by atoms with Gasteiger partial charge >= 0.3 is 0 Å². The van der Waals surface area contributed by atoms with Crippen LogP contribution < -0.4 is 15.2 Å². The lowest BCUT2D eigenvalue weighted by molar-refractivity contribution is 0.356. The first-order valence-corrected chi connectivity index (χ1v) is 6.04. The maximum Gasteiger partial charge on any atom is 0.171 e. The molecule has 2 rings (SSSR count). The Morgan fingerprint density at radius 1 is 1.16 bits per heavy atom. The Bertz CT molecular complexity index is 585. The van der Waals surface area contributed by atoms with Crippen molar-refractivity contribution in [1.29, 1.82) is 0 Å². The standard InChI is InChI=1S/C14H17N3O2/c1-4-9-8-12(15)17-14(16-9)10-6-5-7-11(18-2)13(10)19-3/h5-8H,4H2,1-3H3,(H2,15,16,17). The second-order valence-corrected chi connectivity index (χ2v) is 4.00. The second-order valence-electron chi connectivity index (χ2n) is 4.00. The van der Waals surface area contributed by atoms with E-state index in [1.54, 1.807) is 20.3 Å². The van der Waals surface area contributed by atoms with Gasteiger partial charge in [-0.15, -0.1) is 0 Å². The Kier molecular flexibility index (Phi) is 3.85. The van der Waals surface area contributed by atoms with E-state index in [0.29, 0.717) is 23.1 Å². The molecule has 0 atom stereocenters. The van der Waals surface area contributed by atoms with E-state index in [9.17, 15) is 0 Å². The van der Waals surface area contributed by atoms with Gasteiger partial charge in [-0.3, -0.25) is 0 Å². The zero-order valence-corrected chi connectivity index (χ0v) is 11.3. The zero-order chi connectivity index (χ0) is 13.8. The SMILES string of the molecule is CCc1cc(N)nc(-c2cccc(OC)c2OC)n1. The minimum absolute atomic E-state index is 0.451. The van der Waals surface area contributed by atoms with E-state index in [1.807, 2.05) is 25.1 Å². The number of nitrogen functional groups attached to an aromatic ring is 1. The highest BCUT2D eigenvalue weighted by atomic mass is 16.5. The Morgan fingerprint density at radius 3 is 2.58 bits per heavy atom. The molecule has 5 heteroatoms. The van der Waals surface area contributed by atoms with Crippen molar-refractivity contribution in [3.63, 3.8) is 0 Å². The zero-order valence-electron chi connectivity index (χ0n) is 11.3. The van der Waals surface area contributed by atoms with Crippen LogP contribution in [0, 0.1) is 0 Å². The van der Waals surface area contributed by atoms with Crippen molar-refractivity contribution >= 4 is 5.82 Å². The highest BCUT2D eigenvalue weighted by Gasteiger charge is 2.14. The van der Waals surface area contributed by atoms with Gasteiger partial charge in [0.25, 0.3) is 0 Å². The molecule has 5 nitrogen and oxygen atoms in total. The molecule has 0 radical (unpaired) electrons. The van der Waals surface area contributed by atoms with Crippen LogP contribution in [0.4, 0.5) is 5.82 Å². The molecule has 1 aromatic heterocycles. The summed E-state index contributed by atoms with van der Waals surface area (Å²) in [4.78, 5) is 8.75. The molecule has 0 spiro atoms. The molecule has 0 aliphatic heterocycles. The predicted octanol–water partition coefficient (Wildman–Crippen LogP) is 2.31. The number of aryl methyl sites for hydroxylation is 1. The number of hydrogen-bond donors (Lipinski definition) is 1. The van der Waals surface area contributed by atoms with E-state index < -0.39 is 0 Å². The molecule has 2 N–H and O–H groups in total. The summed E-state index contributed by atoms with van der Waals surface area (Å²) in [6.07, 6.45) is 0.798. The summed E-state index contributed by atoms with van der Waals surface area (Å²) in [6, 6.07) is 7.36. The first-order chi connectivity index (χ1) is 9.19. The molecule has 0 aliphatic carbocycles. The molecular weight excluding hydrogens is 242 g/mol. The first kappa shape index (κ1) is 13.1. The lowest BCUT2D eigenvalue weighted by Gasteiger charge is -2.12. The highest BCUT2D eigenvalue weighted by Crippen LogP contribution is 2.36. The van der Waals surface area contributed by atoms with Crippen molar-refractivity contribution in [2.75, 3.05) is 20.0 Å². The van der Waals surface area contributed by atoms with Gasteiger partial charge < -0.3 is 15.2 Å². The topological polar surface area (TPSA) is 70.3 Å². The monoisotopic (exact) mass is 259 g/mol. The number of anilines is 1. The van der Waals surface area contributed by atoms with Crippen molar-refractivity contribution in [2.24, 2.45) is 0 Å². The van der Waals surface area contributed by atoms with Crippen molar-refractivity contribution in [3.8, 4) is 22.9 Å². The third-order valence-corrected chi connectivity index (χ3v) is 2.81. The Hall–Kier alpha value is -2.30. The minimum atomic E-state index is 0.451. The number of nitrogens with zero attached hydrogens (tertiary/aromatic N) is 2. The van der Waals surface area contributed by atoms with Crippen LogP contribution >= 0.6 is 0 Å². The molecule has 100 valence electrons. The fraction of sp³-hybridized carbons (Fsp3) is 0.286. The molecule has 0 unspecified atom stereocenters. The van der Waals surface area contributed by atoms with Crippen LogP contribution in [0.3, 0.4) is 0 Å². The van der Waals surface area contributed by atoms with Crippen molar-refractivity contribution in [1.82, 2.24) is 9.97 Å². The Balaban J connectivity index is 2.61. The van der Waals surface area contributed by atoms with Crippen LogP contribution in [0.15, 0.2) is 24.3 Å². The average molecular weight is 259 g/mol. The fourth-order valence-electron chi connectivity index (χ4n) is 1.88. The number of methoxy groups -OCH3 is 2. The lowest BCUT2D eigenvalue weighted by atomic mass is 10.1. The predicted molar refractivity (Wildman–Crippen MR) is 74.4 cm³/mol. The fourth-order valence-corrected chi connectivity index (χ4v) is 1.88. The maximum absolute atomic E-state index is 5.81. The molecule has 0 bridgehead atoms. The van der Waals surface area contributed by atoms with Gasteiger partial charge in [0.2, 0.25) is 0 Å². The number of hydrogen-bond acceptors (Lipinski definition) is 5. The molecule has 1 aromatic carbocycles. The third kappa shape index (κ3) is 2.59. The van der Waals surface area contributed by atoms with Crippen LogP contribution in [0.2, 0.25) is 0 Å². The summed E-state index contributed by atoms with van der Waals surface area (Å²) in [7, 11) is 3.19. The van der Waals surface area contributed by atoms with Crippen LogP contribution in [0.25, 0.3) is 11.4 Å². The van der Waals surface area contributed by atoms with Crippen LogP contribution in [0.5, 0.6) is 11.5 Å². The van der Waals surface area contributed by atoms with E-state index in [-0.39, 0.29) is 0 Å². The van der Waals surface area contributed by atoms with Gasteiger partial charge in [0.05, 0.1) is 19.8 Å². The van der Waals surface area contributed by atoms with Gasteiger partial charge in [0, 0.05) is 11.8 Å². The molecule has 0 saturated heterocycles. The van der Waals surface area contributed by atoms with E-state index in [2.05, 4.69) is 9.97 Å². The average Bonchev–Trinajstić information content (AvgIpc) is 2.45. The van der Waals surface area contributed by atoms with Crippen molar-refractivity contribution in [3.05, 3.63) is 30.0 Å². The quantitative estimate of drug-likeness (QED) is 0.912. The van der Waals surface area contributed by atoms with Crippen LogP contribution in [-0.2, 0) is 6.42 Å². The van der Waals surface area contributed by atoms with Gasteiger partial charge in [-0.05, 0) is 18.6 Å². The normalized spacial score (nSPS) is 10.3. The number of para-hydroxylation sites is 1. The summed E-state index contributed by atoms with van der Waals surface area (Å²) in [5.41, 5.74) is 7.47. The third-order valence-electron chi connectivity index (χ3n) is 2.81. The first-order valence-electron chi connectivity index (χ1n) is 6.04. The molecule has 0 amide bonds. The molecule has 0 fully saturated rings. The number of benzene rings is 1. The van der Waals surface area contributed by atoms with Gasteiger partial charge in [0.1, 0.15) is 5.82 Å². The number of nitrogens with two attached hydrogens (primary N) is 1. The number of ether oxygens (including phenoxy) is 2. The summed E-state index contributed by atoms with van der Waals surface area (Å²) >= 11 is 0. The summed E-state index contributed by atoms with van der Waals surface area (Å²) in [5.74, 6) is 2.25. The van der Waals surface area contributed by atoms with Crippen LogP contribution in [-0.4, -0.2) is 24.2 Å². The molecule has 1 heterocycles. The number of rotatable bonds is 4. The molecule has 0 aliphatic rings. The van der Waals surface area contributed by atoms with E-state index >= 15 is 0 Å². The van der Waals surface area contributed by atoms with Crippen molar-refractivity contribution < 1.29 is 9.47 Å². The molecule has 0 saturated carbocycles. The van der Waals surface area contributed by atoms with Gasteiger partial charge in [-0.25, -0.2) is 9.97 Å². The summed E-state index contributed by atoms with van der Waals surface area (Å²) < 4.78 is 10.7. The Labute approximate surface area is 112 Å². The van der Waals surface area contributed by atoms with E-state index in [1.165, 1.54) is 0 Å². The van der Waals surface area contributed by atoms with Gasteiger partial charge in [-0.2, -0.15) is 0 Å². The second kappa shape index (κ2) is 5.56. The summed E-state index contributed by atoms with van der Waals surface area (Å²) in [5, 5.41) is 0. The van der Waals surface area contributed by atoms with Gasteiger partial charge in [-0.1, -0.05) is 13.0 Å². The number of aromatic nitrogens is 2. The molecule has 19 heavy (non-hydrogen) atoms. The summed E-state index contributed by atoms with van der Waals surface area (Å²) in [6.45, 7) is 2.02. The Morgan fingerprint density at radius 2 is 1.95 bits per heavy atom. The van der Waals surface area contributed by atoms with Crippen molar-refractivity contribution in [2.45, 2.75) is 13.3 Å². The van der Waals surface area contributed by atoms with E-state index in [4.69, 9.17) is 15.2 Å². The van der Waals surface area contributed by atoms with Crippen LogP contribution in [0.1, 0.15) is 12.6 Å². The lowest BCUT2D eigenvalue weighted by Crippen LogP contribution is -2.01. The molecular formula is C14H17N3O2. The maximum atomic E-state index is 5.81. The largest absolute Gasteiger partial charge is 0.493 e. The van der Waals surface area contributed by atoms with Gasteiger partial charge in [0.15, 0.2) is 17.3 Å².